The van der Waals surface area contributed by atoms with Gasteiger partial charge < -0.3 is 9.47 Å². The highest BCUT2D eigenvalue weighted by molar-refractivity contribution is 6.19. The van der Waals surface area contributed by atoms with E-state index in [0.717, 1.165) is 24.2 Å². The molecule has 2 nitrogen and oxygen atoms in total. The third kappa shape index (κ3) is 4.16. The lowest BCUT2D eigenvalue weighted by molar-refractivity contribution is -0.0326. The summed E-state index contributed by atoms with van der Waals surface area (Å²) in [6, 6.07) is 7.76. The third-order valence-corrected chi connectivity index (χ3v) is 3.29. The summed E-state index contributed by atoms with van der Waals surface area (Å²) in [5, 5.41) is 0. The SMILES string of the molecule is CC1(C)CCC(COc2ccccc2C#CCCl)O1. The lowest BCUT2D eigenvalue weighted by Gasteiger charge is -2.19. The van der Waals surface area contributed by atoms with Gasteiger partial charge in [0, 0.05) is 0 Å². The maximum absolute atomic E-state index is 5.91. The summed E-state index contributed by atoms with van der Waals surface area (Å²) < 4.78 is 11.8. The molecule has 1 fully saturated rings. The van der Waals surface area contributed by atoms with Crippen LogP contribution in [0.15, 0.2) is 24.3 Å². The number of alkyl halides is 1. The normalized spacial score (nSPS) is 20.7. The van der Waals surface area contributed by atoms with E-state index in [4.69, 9.17) is 21.1 Å². The second-order valence-electron chi connectivity index (χ2n) is 5.28. The van der Waals surface area contributed by atoms with Gasteiger partial charge in [0.25, 0.3) is 0 Å². The fourth-order valence-electron chi connectivity index (χ4n) is 2.20. The Hall–Kier alpha value is -1.17. The minimum absolute atomic E-state index is 0.0219. The van der Waals surface area contributed by atoms with E-state index in [9.17, 15) is 0 Å². The Balaban J connectivity index is 1.96. The molecule has 0 N–H and O–H groups in total. The molecular formula is C16H19ClO2. The molecule has 1 aliphatic heterocycles. The molecule has 19 heavy (non-hydrogen) atoms. The molecule has 102 valence electrons. The highest BCUT2D eigenvalue weighted by Gasteiger charge is 2.31. The number of hydrogen-bond donors (Lipinski definition) is 0. The van der Waals surface area contributed by atoms with Crippen LogP contribution < -0.4 is 4.74 Å². The van der Waals surface area contributed by atoms with Gasteiger partial charge >= 0.3 is 0 Å². The Kier molecular flexibility index (Phi) is 4.74. The number of rotatable bonds is 3. The second-order valence-corrected chi connectivity index (χ2v) is 5.55. The summed E-state index contributed by atoms with van der Waals surface area (Å²) in [6.07, 6.45) is 2.29. The van der Waals surface area contributed by atoms with Crippen molar-refractivity contribution in [2.24, 2.45) is 0 Å². The zero-order valence-electron chi connectivity index (χ0n) is 11.4. The van der Waals surface area contributed by atoms with Crippen LogP contribution in [0.5, 0.6) is 5.75 Å². The Labute approximate surface area is 120 Å². The van der Waals surface area contributed by atoms with Crippen LogP contribution in [0.2, 0.25) is 0 Å². The first-order valence-corrected chi connectivity index (χ1v) is 7.09. The van der Waals surface area contributed by atoms with E-state index < -0.39 is 0 Å². The summed E-state index contributed by atoms with van der Waals surface area (Å²) in [7, 11) is 0. The van der Waals surface area contributed by atoms with Gasteiger partial charge in [-0.05, 0) is 38.8 Å². The van der Waals surface area contributed by atoms with Gasteiger partial charge in [-0.15, -0.1) is 11.6 Å². The van der Waals surface area contributed by atoms with Gasteiger partial charge in [0.2, 0.25) is 0 Å². The number of ether oxygens (including phenoxy) is 2. The van der Waals surface area contributed by atoms with Crippen LogP contribution in [0, 0.1) is 11.8 Å². The molecule has 1 aliphatic rings. The molecule has 0 aliphatic carbocycles. The molecule has 1 aromatic carbocycles. The first kappa shape index (κ1) is 14.2. The zero-order chi connectivity index (χ0) is 13.7. The smallest absolute Gasteiger partial charge is 0.135 e. The molecule has 0 spiro atoms. The summed E-state index contributed by atoms with van der Waals surface area (Å²) in [5.74, 6) is 6.98. The number of benzene rings is 1. The quantitative estimate of drug-likeness (QED) is 0.621. The van der Waals surface area contributed by atoms with Crippen LogP contribution in [0.25, 0.3) is 0 Å². The van der Waals surface area contributed by atoms with E-state index in [-0.39, 0.29) is 11.7 Å². The molecule has 0 amide bonds. The predicted octanol–water partition coefficient (Wildman–Crippen LogP) is 3.61. The summed E-state index contributed by atoms with van der Waals surface area (Å²) in [4.78, 5) is 0. The van der Waals surface area contributed by atoms with Crippen molar-refractivity contribution in [3.63, 3.8) is 0 Å². The topological polar surface area (TPSA) is 18.5 Å². The molecule has 2 rings (SSSR count). The van der Waals surface area contributed by atoms with Crippen molar-refractivity contribution in [2.45, 2.75) is 38.4 Å². The molecule has 1 unspecified atom stereocenters. The molecule has 0 bridgehead atoms. The van der Waals surface area contributed by atoms with Crippen LogP contribution >= 0.6 is 11.6 Å². The number of para-hydroxylation sites is 1. The van der Waals surface area contributed by atoms with E-state index >= 15 is 0 Å². The molecule has 0 saturated carbocycles. The maximum atomic E-state index is 5.91. The Morgan fingerprint density at radius 3 is 2.89 bits per heavy atom. The molecular weight excluding hydrogens is 260 g/mol. The van der Waals surface area contributed by atoms with E-state index in [1.165, 1.54) is 0 Å². The monoisotopic (exact) mass is 278 g/mol. The fraction of sp³-hybridized carbons (Fsp3) is 0.500. The Morgan fingerprint density at radius 1 is 1.42 bits per heavy atom. The second kappa shape index (κ2) is 6.32. The van der Waals surface area contributed by atoms with Crippen molar-refractivity contribution < 1.29 is 9.47 Å². The number of halogens is 1. The van der Waals surface area contributed by atoms with Gasteiger partial charge in [-0.3, -0.25) is 0 Å². The average Bonchev–Trinajstić information content (AvgIpc) is 2.74. The van der Waals surface area contributed by atoms with Gasteiger partial charge in [0.15, 0.2) is 0 Å². The first-order chi connectivity index (χ1) is 9.11. The highest BCUT2D eigenvalue weighted by Crippen LogP contribution is 2.30. The minimum atomic E-state index is -0.0219. The van der Waals surface area contributed by atoms with Crippen LogP contribution in [0.4, 0.5) is 0 Å². The molecule has 1 saturated heterocycles. The molecule has 3 heteroatoms. The molecule has 0 radical (unpaired) electrons. The summed E-state index contributed by atoms with van der Waals surface area (Å²) in [5.41, 5.74) is 0.854. The largest absolute Gasteiger partial charge is 0.490 e. The van der Waals surface area contributed by atoms with Gasteiger partial charge in [-0.1, -0.05) is 24.0 Å². The zero-order valence-corrected chi connectivity index (χ0v) is 12.2. The lowest BCUT2D eigenvalue weighted by Crippen LogP contribution is -2.24. The van der Waals surface area contributed by atoms with E-state index in [2.05, 4.69) is 25.7 Å². The summed E-state index contributed by atoms with van der Waals surface area (Å²) in [6.45, 7) is 4.81. The van der Waals surface area contributed by atoms with Crippen molar-refractivity contribution in [3.8, 4) is 17.6 Å². The fourth-order valence-corrected chi connectivity index (χ4v) is 2.27. The van der Waals surface area contributed by atoms with E-state index in [1.54, 1.807) is 0 Å². The summed E-state index contributed by atoms with van der Waals surface area (Å²) >= 11 is 5.58. The molecule has 0 aromatic heterocycles. The van der Waals surface area contributed by atoms with Crippen LogP contribution in [0.1, 0.15) is 32.3 Å². The van der Waals surface area contributed by atoms with Gasteiger partial charge in [-0.25, -0.2) is 0 Å². The molecule has 1 atom stereocenters. The third-order valence-electron chi connectivity index (χ3n) is 3.16. The standard InChI is InChI=1S/C16H19ClO2/c1-16(2)10-9-14(19-16)12-18-15-8-4-3-6-13(15)7-5-11-17/h3-4,6,8,14H,9-12H2,1-2H3. The molecule has 1 heterocycles. The molecule has 1 aromatic rings. The van der Waals surface area contributed by atoms with Crippen molar-refractivity contribution in [2.75, 3.05) is 12.5 Å². The van der Waals surface area contributed by atoms with Crippen LogP contribution in [-0.4, -0.2) is 24.2 Å². The van der Waals surface area contributed by atoms with E-state index in [0.29, 0.717) is 12.5 Å². The highest BCUT2D eigenvalue weighted by atomic mass is 35.5. The first-order valence-electron chi connectivity index (χ1n) is 6.55. The van der Waals surface area contributed by atoms with Crippen molar-refractivity contribution >= 4 is 11.6 Å². The maximum Gasteiger partial charge on any atom is 0.135 e. The van der Waals surface area contributed by atoms with Gasteiger partial charge in [0.1, 0.15) is 12.4 Å². The van der Waals surface area contributed by atoms with Gasteiger partial charge in [-0.2, -0.15) is 0 Å². The Bertz CT molecular complexity index is 485. The lowest BCUT2D eigenvalue weighted by atomic mass is 10.1. The minimum Gasteiger partial charge on any atom is -0.490 e. The van der Waals surface area contributed by atoms with Crippen molar-refractivity contribution in [3.05, 3.63) is 29.8 Å². The van der Waals surface area contributed by atoms with Crippen molar-refractivity contribution in [1.29, 1.82) is 0 Å². The average molecular weight is 279 g/mol. The predicted molar refractivity (Wildman–Crippen MR) is 77.7 cm³/mol. The van der Waals surface area contributed by atoms with Crippen LogP contribution in [-0.2, 0) is 4.74 Å². The van der Waals surface area contributed by atoms with E-state index in [1.807, 2.05) is 24.3 Å². The Morgan fingerprint density at radius 2 is 2.21 bits per heavy atom. The van der Waals surface area contributed by atoms with Crippen molar-refractivity contribution in [1.82, 2.24) is 0 Å². The van der Waals surface area contributed by atoms with Crippen LogP contribution in [0.3, 0.4) is 0 Å². The number of hydrogen-bond acceptors (Lipinski definition) is 2. The van der Waals surface area contributed by atoms with Gasteiger partial charge in [0.05, 0.1) is 23.1 Å².